The summed E-state index contributed by atoms with van der Waals surface area (Å²) in [5, 5.41) is 6.75. The summed E-state index contributed by atoms with van der Waals surface area (Å²) in [7, 11) is 0. The Hall–Kier alpha value is -0.970. The first-order valence-electron chi connectivity index (χ1n) is 5.76. The number of hydrogen-bond acceptors (Lipinski definition) is 8. The van der Waals surface area contributed by atoms with Gasteiger partial charge in [0.05, 0.1) is 5.92 Å². The van der Waals surface area contributed by atoms with Crippen LogP contribution in [0.1, 0.15) is 26.2 Å². The van der Waals surface area contributed by atoms with Gasteiger partial charge in [-0.15, -0.1) is 4.33 Å². The number of carbonyl (C=O) groups is 2. The lowest BCUT2D eigenvalue weighted by atomic mass is 9.80. The van der Waals surface area contributed by atoms with Gasteiger partial charge in [-0.3, -0.25) is 4.79 Å². The van der Waals surface area contributed by atoms with Crippen LogP contribution in [0, 0.1) is 5.92 Å². The molecule has 1 N–H and O–H groups in total. The van der Waals surface area contributed by atoms with Gasteiger partial charge in [0.1, 0.15) is 23.7 Å². The molecule has 1 heterocycles. The van der Waals surface area contributed by atoms with Crippen LogP contribution < -0.4 is 0 Å². The number of halogens is 2. The van der Waals surface area contributed by atoms with E-state index >= 15 is 0 Å². The zero-order valence-corrected chi connectivity index (χ0v) is 11.2. The predicted molar refractivity (Wildman–Crippen MR) is 59.1 cm³/mol. The molecule has 1 aliphatic carbocycles. The van der Waals surface area contributed by atoms with Gasteiger partial charge < -0.3 is 9.47 Å². The van der Waals surface area contributed by atoms with E-state index in [4.69, 9.17) is 14.7 Å². The molecule has 2 aliphatic rings. The van der Waals surface area contributed by atoms with Crippen LogP contribution in [0.5, 0.6) is 0 Å². The fourth-order valence-corrected chi connectivity index (χ4v) is 2.71. The van der Waals surface area contributed by atoms with E-state index in [1.165, 1.54) is 0 Å². The molecular weight excluding hydrogens is 302 g/mol. The normalized spacial score (nSPS) is 32.9. The van der Waals surface area contributed by atoms with Gasteiger partial charge in [0.2, 0.25) is 0 Å². The summed E-state index contributed by atoms with van der Waals surface area (Å²) in [5.74, 6) is -2.52. The Balaban J connectivity index is 1.99. The Kier molecular flexibility index (Phi) is 4.19. The summed E-state index contributed by atoms with van der Waals surface area (Å²) in [5.41, 5.74) is -1.08. The van der Waals surface area contributed by atoms with E-state index in [0.717, 1.165) is 0 Å². The number of carbonyl (C=O) groups excluding carboxylic acids is 2. The van der Waals surface area contributed by atoms with Crippen molar-refractivity contribution in [1.29, 1.82) is 0 Å². The molecule has 1 aliphatic heterocycles. The number of ether oxygens (including phenoxy) is 2. The first kappa shape index (κ1) is 15.4. The van der Waals surface area contributed by atoms with Gasteiger partial charge in [-0.1, -0.05) is 5.04 Å². The van der Waals surface area contributed by atoms with E-state index in [-0.39, 0.29) is 12.3 Å². The fourth-order valence-electron chi connectivity index (χ4n) is 2.48. The largest absolute Gasteiger partial charge is 0.455 e. The molecule has 20 heavy (non-hydrogen) atoms. The molecule has 2 fully saturated rings. The molecule has 0 spiro atoms. The number of fused-ring (bicyclic) bond motifs is 2. The molecule has 0 amide bonds. The van der Waals surface area contributed by atoms with Crippen molar-refractivity contribution in [1.82, 2.24) is 0 Å². The first-order chi connectivity index (χ1) is 9.28. The van der Waals surface area contributed by atoms with Crippen LogP contribution in [0.2, 0.25) is 0 Å². The molecule has 2 rings (SSSR count). The smallest absolute Gasteiger partial charge is 0.415 e. The molecule has 1 saturated heterocycles. The predicted octanol–water partition coefficient (Wildman–Crippen LogP) is 1.68. The minimum absolute atomic E-state index is 0.261. The topological polar surface area (TPSA) is 91.3 Å². The average Bonchev–Trinajstić information content (AvgIpc) is 2.61. The standard InChI is InChI=1S/C10H12F2O7S/c1-9-4-5(7(13)17-9)2-3-6(9)16-8(14)10(11,12)20-19-18-15/h5-6,15H,2-4H2,1H3. The summed E-state index contributed by atoms with van der Waals surface area (Å²) in [6, 6.07) is 0. The molecule has 0 aromatic carbocycles. The van der Waals surface area contributed by atoms with Crippen LogP contribution in [-0.2, 0) is 28.4 Å². The van der Waals surface area contributed by atoms with Crippen molar-refractivity contribution < 1.29 is 42.5 Å². The Labute approximate surface area is 116 Å². The number of esters is 2. The highest BCUT2D eigenvalue weighted by molar-refractivity contribution is 7.96. The highest BCUT2D eigenvalue weighted by Gasteiger charge is 2.56. The van der Waals surface area contributed by atoms with E-state index in [0.29, 0.717) is 12.8 Å². The van der Waals surface area contributed by atoms with Crippen LogP contribution in [-0.4, -0.2) is 34.2 Å². The Bertz CT molecular complexity index is 418. The molecule has 1 saturated carbocycles. The van der Waals surface area contributed by atoms with Crippen molar-refractivity contribution in [3.8, 4) is 0 Å². The van der Waals surface area contributed by atoms with Crippen molar-refractivity contribution in [3.05, 3.63) is 0 Å². The Morgan fingerprint density at radius 1 is 1.55 bits per heavy atom. The lowest BCUT2D eigenvalue weighted by Crippen LogP contribution is -2.46. The SMILES string of the molecule is CC12CC(CCC1OC(=O)C(F)(F)SOOO)C(=O)O2. The van der Waals surface area contributed by atoms with E-state index in [2.05, 4.69) is 9.37 Å². The summed E-state index contributed by atoms with van der Waals surface area (Å²) >= 11 is -0.694. The maximum absolute atomic E-state index is 13.3. The fraction of sp³-hybridized carbons (Fsp3) is 0.800. The number of hydrogen-bond donors (Lipinski definition) is 1. The van der Waals surface area contributed by atoms with Crippen LogP contribution in [0.3, 0.4) is 0 Å². The van der Waals surface area contributed by atoms with Gasteiger partial charge in [0.15, 0.2) is 0 Å². The first-order valence-corrected chi connectivity index (χ1v) is 6.50. The van der Waals surface area contributed by atoms with Crippen molar-refractivity contribution >= 4 is 24.0 Å². The third-order valence-corrected chi connectivity index (χ3v) is 3.94. The summed E-state index contributed by atoms with van der Waals surface area (Å²) < 4.78 is 39.9. The van der Waals surface area contributed by atoms with E-state index in [9.17, 15) is 18.4 Å². The maximum atomic E-state index is 13.3. The van der Waals surface area contributed by atoms with Crippen molar-refractivity contribution in [3.63, 3.8) is 0 Å². The zero-order valence-electron chi connectivity index (χ0n) is 10.3. The monoisotopic (exact) mass is 314 g/mol. The van der Waals surface area contributed by atoms with Gasteiger partial charge in [-0.05, 0) is 19.8 Å². The summed E-state index contributed by atoms with van der Waals surface area (Å²) in [4.78, 5) is 22.8. The van der Waals surface area contributed by atoms with Crippen molar-refractivity contribution in [2.24, 2.45) is 5.92 Å². The van der Waals surface area contributed by atoms with Crippen LogP contribution in [0.4, 0.5) is 8.78 Å². The minimum Gasteiger partial charge on any atom is -0.455 e. The average molecular weight is 314 g/mol. The quantitative estimate of drug-likeness (QED) is 0.355. The van der Waals surface area contributed by atoms with Crippen molar-refractivity contribution in [2.75, 3.05) is 0 Å². The highest BCUT2D eigenvalue weighted by Crippen LogP contribution is 2.44. The molecule has 114 valence electrons. The second-order valence-electron chi connectivity index (χ2n) is 4.85. The van der Waals surface area contributed by atoms with Gasteiger partial charge in [0.25, 0.3) is 0 Å². The molecule has 0 radical (unpaired) electrons. The van der Waals surface area contributed by atoms with Crippen LogP contribution in [0.15, 0.2) is 0 Å². The van der Waals surface area contributed by atoms with Gasteiger partial charge >= 0.3 is 17.2 Å². The van der Waals surface area contributed by atoms with Gasteiger partial charge in [0, 0.05) is 6.42 Å². The number of rotatable bonds is 5. The van der Waals surface area contributed by atoms with E-state index in [1.807, 2.05) is 0 Å². The zero-order chi connectivity index (χ0) is 15.0. The maximum Gasteiger partial charge on any atom is 0.415 e. The second-order valence-corrected chi connectivity index (χ2v) is 5.66. The summed E-state index contributed by atoms with van der Waals surface area (Å²) in [6.45, 7) is 1.54. The third-order valence-electron chi connectivity index (χ3n) is 3.43. The highest BCUT2D eigenvalue weighted by atomic mass is 32.2. The lowest BCUT2D eigenvalue weighted by molar-refractivity contribution is -0.433. The second kappa shape index (κ2) is 5.43. The van der Waals surface area contributed by atoms with E-state index in [1.54, 1.807) is 6.92 Å². The van der Waals surface area contributed by atoms with Crippen LogP contribution >= 0.6 is 12.0 Å². The lowest BCUT2D eigenvalue weighted by Gasteiger charge is -2.34. The van der Waals surface area contributed by atoms with Crippen LogP contribution in [0.25, 0.3) is 0 Å². The molecule has 10 heteroatoms. The number of alkyl halides is 2. The van der Waals surface area contributed by atoms with Gasteiger partial charge in [-0.25, -0.2) is 10.1 Å². The van der Waals surface area contributed by atoms with Gasteiger partial charge in [-0.2, -0.15) is 8.78 Å². The molecule has 0 aromatic heterocycles. The van der Waals surface area contributed by atoms with E-state index < -0.39 is 40.9 Å². The minimum atomic E-state index is -4.06. The molecule has 7 nitrogen and oxygen atoms in total. The third kappa shape index (κ3) is 2.87. The van der Waals surface area contributed by atoms with Crippen molar-refractivity contribution in [2.45, 2.75) is 43.1 Å². The molecule has 2 bridgehead atoms. The molecule has 3 unspecified atom stereocenters. The molecule has 3 atom stereocenters. The Morgan fingerprint density at radius 2 is 2.25 bits per heavy atom. The summed E-state index contributed by atoms with van der Waals surface area (Å²) in [6.07, 6.45) is 0.0656. The molecule has 0 aromatic rings. The molecular formula is C10H12F2O7S. The Morgan fingerprint density at radius 3 is 2.90 bits per heavy atom.